The maximum absolute atomic E-state index is 13.1. The fourth-order valence-electron chi connectivity index (χ4n) is 8.79. The van der Waals surface area contributed by atoms with Gasteiger partial charge in [-0.05, 0) is 42.0 Å². The predicted octanol–water partition coefficient (Wildman–Crippen LogP) is -4.79. The lowest BCUT2D eigenvalue weighted by molar-refractivity contribution is -0.352. The van der Waals surface area contributed by atoms with Gasteiger partial charge in [-0.3, -0.25) is 9.59 Å². The van der Waals surface area contributed by atoms with Gasteiger partial charge in [-0.2, -0.15) is 0 Å². The summed E-state index contributed by atoms with van der Waals surface area (Å²) in [6.45, 7) is -2.89. The standard InChI is InChI=1S/C50H58O30/c51-14-29-36(61)39(64)43(68)48(77-29)73-21-5-1-18(2-6-21)3-8-33(58)70-16-31-38(63)41(66)46(80-47-42(67)35(60)25(55)15-72-47)50(79-31)76-28-12-22-26(74-45(28)19-4-7-23(53)24(54)9-19)10-20(52)11-27(22)75-49-44(69)40(65)37(62)30(78-49)17-71-34(59)13-32(56)57/h1-12,25,29-31,35-55,60-69H,13-17H2,(H,56,57). The van der Waals surface area contributed by atoms with Crippen LogP contribution in [0.4, 0.5) is 0 Å². The summed E-state index contributed by atoms with van der Waals surface area (Å²) in [6.07, 6.45) is -33.2. The van der Waals surface area contributed by atoms with Crippen molar-refractivity contribution in [2.45, 2.75) is 129 Å². The molecule has 8 rings (SSSR count). The van der Waals surface area contributed by atoms with E-state index in [1.807, 2.05) is 0 Å². The molecule has 80 heavy (non-hydrogen) atoms. The summed E-state index contributed by atoms with van der Waals surface area (Å²) in [5, 5.41) is 167. The number of aromatic hydroxyl groups is 3. The summed E-state index contributed by atoms with van der Waals surface area (Å²) < 4.78 is 62.8. The van der Waals surface area contributed by atoms with E-state index in [2.05, 4.69) is 0 Å². The van der Waals surface area contributed by atoms with Crippen LogP contribution in [-0.2, 0) is 52.3 Å². The van der Waals surface area contributed by atoms with Gasteiger partial charge in [0.2, 0.25) is 18.9 Å². The summed E-state index contributed by atoms with van der Waals surface area (Å²) in [5.74, 6) is -6.41. The molecule has 0 saturated carbocycles. The van der Waals surface area contributed by atoms with Gasteiger partial charge in [0.15, 0.2) is 30.0 Å². The third-order valence-corrected chi connectivity index (χ3v) is 13.2. The SMILES string of the molecule is O=C(O)CC(=O)OCC1OC(Oc2cc(O)cc3c2C=C(OC2OC(COC(=O)C=Cc4ccc(OC5OC(CO)C(O)C(O)C5O)cc4)C(O)C(O)C2OC2OCC(O)C(O)C2O)C(c2ccc(O)c(O)c2)O3)C(O)C(O)C1O. The third-order valence-electron chi connectivity index (χ3n) is 13.2. The Kier molecular flexibility index (Phi) is 19.0. The molecule has 20 atom stereocenters. The summed E-state index contributed by atoms with van der Waals surface area (Å²) in [7, 11) is 0. The number of carboxylic acid groups (broad SMARTS) is 1. The van der Waals surface area contributed by atoms with E-state index in [0.717, 1.165) is 30.3 Å². The number of carbonyl (C=O) groups excluding carboxylic acids is 2. The van der Waals surface area contributed by atoms with Crippen LogP contribution >= 0.6 is 0 Å². The quantitative estimate of drug-likeness (QED) is 0.0246. The zero-order valence-corrected chi connectivity index (χ0v) is 41.4. The Morgan fingerprint density at radius 3 is 1.89 bits per heavy atom. The Bertz CT molecular complexity index is 2700. The molecular formula is C50H58O30. The van der Waals surface area contributed by atoms with Crippen LogP contribution in [-0.4, -0.2) is 243 Å². The number of hydrogen-bond donors (Lipinski definition) is 16. The molecule has 16 N–H and O–H groups in total. The predicted molar refractivity (Wildman–Crippen MR) is 255 cm³/mol. The number of esters is 2. The van der Waals surface area contributed by atoms with Crippen LogP contribution in [0.25, 0.3) is 12.2 Å². The van der Waals surface area contributed by atoms with E-state index in [1.165, 1.54) is 42.5 Å². The number of phenols is 3. The lowest BCUT2D eigenvalue weighted by atomic mass is 9.97. The highest BCUT2D eigenvalue weighted by Gasteiger charge is 2.52. The second-order valence-electron chi connectivity index (χ2n) is 18.9. The van der Waals surface area contributed by atoms with Crippen molar-refractivity contribution in [3.63, 3.8) is 0 Å². The van der Waals surface area contributed by atoms with Crippen molar-refractivity contribution in [2.24, 2.45) is 0 Å². The lowest BCUT2D eigenvalue weighted by Crippen LogP contribution is -2.63. The monoisotopic (exact) mass is 1140 g/mol. The van der Waals surface area contributed by atoms with Gasteiger partial charge in [-0.1, -0.05) is 18.2 Å². The van der Waals surface area contributed by atoms with Crippen LogP contribution in [0.15, 0.2) is 66.4 Å². The van der Waals surface area contributed by atoms with Crippen molar-refractivity contribution >= 4 is 30.1 Å². The molecule has 3 aromatic carbocycles. The molecule has 4 saturated heterocycles. The molecule has 3 aromatic rings. The molecule has 30 heteroatoms. The van der Waals surface area contributed by atoms with Gasteiger partial charge in [0.05, 0.1) is 18.8 Å². The van der Waals surface area contributed by atoms with Gasteiger partial charge in [0.1, 0.15) is 134 Å². The molecule has 0 amide bonds. The first-order valence-corrected chi connectivity index (χ1v) is 24.4. The Balaban J connectivity index is 1.05. The average Bonchev–Trinajstić information content (AvgIpc) is 3.44. The largest absolute Gasteiger partial charge is 0.508 e. The number of benzene rings is 3. The fourth-order valence-corrected chi connectivity index (χ4v) is 8.79. The molecule has 5 aliphatic heterocycles. The molecule has 0 aromatic heterocycles. The van der Waals surface area contributed by atoms with E-state index in [4.69, 9.17) is 57.2 Å². The number of carbonyl (C=O) groups is 3. The number of ether oxygens (including phenoxy) is 11. The molecule has 5 heterocycles. The van der Waals surface area contributed by atoms with Crippen molar-refractivity contribution in [1.29, 1.82) is 0 Å². The minimum absolute atomic E-state index is 0.0247. The number of hydrogen-bond acceptors (Lipinski definition) is 29. The normalized spacial score (nSPS) is 35.2. The van der Waals surface area contributed by atoms with Crippen LogP contribution in [0.2, 0.25) is 0 Å². The van der Waals surface area contributed by atoms with E-state index in [9.17, 15) is 91.0 Å². The van der Waals surface area contributed by atoms with Crippen molar-refractivity contribution in [3.05, 3.63) is 83.1 Å². The number of phenolic OH excluding ortho intramolecular Hbond substituents is 3. The highest BCUT2D eigenvalue weighted by atomic mass is 16.8. The number of rotatable bonds is 18. The topological polar surface area (TPSA) is 476 Å². The Morgan fingerprint density at radius 2 is 1.23 bits per heavy atom. The Hall–Kier alpha value is -6.53. The van der Waals surface area contributed by atoms with Crippen LogP contribution < -0.4 is 14.2 Å². The van der Waals surface area contributed by atoms with E-state index in [0.29, 0.717) is 5.56 Å². The molecule has 438 valence electrons. The van der Waals surface area contributed by atoms with Crippen LogP contribution in [0.1, 0.15) is 29.2 Å². The van der Waals surface area contributed by atoms with Gasteiger partial charge in [0.25, 0.3) is 0 Å². The second kappa shape index (κ2) is 25.5. The molecule has 0 spiro atoms. The minimum atomic E-state index is -2.09. The number of aliphatic hydroxyl groups is 12. The molecule has 5 aliphatic rings. The van der Waals surface area contributed by atoms with Crippen LogP contribution in [0.3, 0.4) is 0 Å². The van der Waals surface area contributed by atoms with Crippen molar-refractivity contribution in [3.8, 4) is 34.5 Å². The van der Waals surface area contributed by atoms with Crippen molar-refractivity contribution < 1.29 is 148 Å². The number of aliphatic hydroxyl groups excluding tert-OH is 12. The third kappa shape index (κ3) is 13.4. The molecular weight excluding hydrogens is 1080 g/mol. The summed E-state index contributed by atoms with van der Waals surface area (Å²) in [5.41, 5.74) is 0.274. The summed E-state index contributed by atoms with van der Waals surface area (Å²) >= 11 is 0. The number of carboxylic acids is 1. The van der Waals surface area contributed by atoms with E-state index in [1.54, 1.807) is 0 Å². The highest BCUT2D eigenvalue weighted by molar-refractivity contribution is 5.90. The second-order valence-corrected chi connectivity index (χ2v) is 18.9. The minimum Gasteiger partial charge on any atom is -0.508 e. The van der Waals surface area contributed by atoms with Crippen LogP contribution in [0.5, 0.6) is 34.5 Å². The van der Waals surface area contributed by atoms with Gasteiger partial charge in [0, 0.05) is 23.8 Å². The average molecular weight is 1140 g/mol. The molecule has 0 aliphatic carbocycles. The van der Waals surface area contributed by atoms with Crippen molar-refractivity contribution in [1.82, 2.24) is 0 Å². The first kappa shape index (κ1) is 59.6. The maximum Gasteiger partial charge on any atom is 0.330 e. The molecule has 20 unspecified atom stereocenters. The fraction of sp³-hybridized carbons (Fsp3) is 0.500. The smallest absolute Gasteiger partial charge is 0.330 e. The zero-order chi connectivity index (χ0) is 57.9. The van der Waals surface area contributed by atoms with Gasteiger partial charge in [-0.15, -0.1) is 0 Å². The van der Waals surface area contributed by atoms with Gasteiger partial charge in [-0.25, -0.2) is 4.79 Å². The molecule has 0 bridgehead atoms. The van der Waals surface area contributed by atoms with Crippen LogP contribution in [0, 0.1) is 0 Å². The van der Waals surface area contributed by atoms with Crippen molar-refractivity contribution in [2.75, 3.05) is 26.4 Å². The summed E-state index contributed by atoms with van der Waals surface area (Å²) in [4.78, 5) is 36.1. The zero-order valence-electron chi connectivity index (χ0n) is 41.4. The van der Waals surface area contributed by atoms with E-state index < -0.39 is 197 Å². The number of fused-ring (bicyclic) bond motifs is 1. The summed E-state index contributed by atoms with van der Waals surface area (Å²) in [6, 6.07) is 11.3. The highest BCUT2D eigenvalue weighted by Crippen LogP contribution is 2.47. The van der Waals surface area contributed by atoms with Gasteiger partial charge < -0.3 is 134 Å². The van der Waals surface area contributed by atoms with E-state index in [-0.39, 0.29) is 28.4 Å². The maximum atomic E-state index is 13.1. The molecule has 30 nitrogen and oxygen atoms in total. The lowest BCUT2D eigenvalue weighted by Gasteiger charge is -2.45. The molecule has 4 fully saturated rings. The van der Waals surface area contributed by atoms with Gasteiger partial charge >= 0.3 is 17.9 Å². The molecule has 0 radical (unpaired) electrons. The van der Waals surface area contributed by atoms with E-state index >= 15 is 0 Å². The first-order valence-electron chi connectivity index (χ1n) is 24.4. The Labute approximate surface area is 450 Å². The first-order chi connectivity index (χ1) is 38.0. The number of aliphatic carboxylic acids is 1. The Morgan fingerprint density at radius 1 is 0.613 bits per heavy atom.